The van der Waals surface area contributed by atoms with Crippen molar-refractivity contribution in [2.24, 2.45) is 0 Å². The molecule has 0 bridgehead atoms. The van der Waals surface area contributed by atoms with Crippen molar-refractivity contribution in [2.75, 3.05) is 19.4 Å². The number of non-ortho nitro benzene ring substituents is 1. The quantitative estimate of drug-likeness (QED) is 0.324. The second-order valence-corrected chi connectivity index (χ2v) is 7.69. The van der Waals surface area contributed by atoms with Crippen molar-refractivity contribution in [1.82, 2.24) is 9.88 Å². The van der Waals surface area contributed by atoms with E-state index in [0.29, 0.717) is 21.4 Å². The van der Waals surface area contributed by atoms with E-state index in [1.165, 1.54) is 40.5 Å². The molecule has 0 atom stereocenters. The summed E-state index contributed by atoms with van der Waals surface area (Å²) in [5, 5.41) is 16.2. The van der Waals surface area contributed by atoms with E-state index >= 15 is 0 Å². The van der Waals surface area contributed by atoms with Crippen LogP contribution in [-0.2, 0) is 4.79 Å². The fourth-order valence-corrected chi connectivity index (χ4v) is 3.29. The Morgan fingerprint density at radius 3 is 2.53 bits per heavy atom. The molecule has 8 nitrogen and oxygen atoms in total. The van der Waals surface area contributed by atoms with E-state index in [1.54, 1.807) is 37.7 Å². The number of thiazole rings is 1. The molecule has 0 fully saturated rings. The third-order valence-electron chi connectivity index (χ3n) is 3.46. The lowest BCUT2D eigenvalue weighted by molar-refractivity contribution is -0.384. The molecule has 0 unspecified atom stereocenters. The highest BCUT2D eigenvalue weighted by Gasteiger charge is 2.14. The first kappa shape index (κ1) is 23.3. The fraction of sp³-hybridized carbons (Fsp3) is 0.105. The minimum atomic E-state index is -0.471. The number of hydrogen-bond acceptors (Lipinski definition) is 6. The Bertz CT molecular complexity index is 1070. The predicted octanol–water partition coefficient (Wildman–Crippen LogP) is 4.98. The van der Waals surface area contributed by atoms with Gasteiger partial charge in [-0.3, -0.25) is 25.0 Å². The summed E-state index contributed by atoms with van der Waals surface area (Å²) in [7, 11) is 3.38. The van der Waals surface area contributed by atoms with Crippen LogP contribution in [0.4, 0.5) is 10.8 Å². The maximum Gasteiger partial charge on any atom is 0.270 e. The Balaban J connectivity index is 0.000000575. The van der Waals surface area contributed by atoms with Gasteiger partial charge < -0.3 is 4.90 Å². The lowest BCUT2D eigenvalue weighted by atomic mass is 10.1. The zero-order valence-electron chi connectivity index (χ0n) is 15.8. The third kappa shape index (κ3) is 6.51. The number of carbonyl (C=O) groups excluding carboxylic acids is 2. The zero-order chi connectivity index (χ0) is 22.3. The predicted molar refractivity (Wildman–Crippen MR) is 118 cm³/mol. The summed E-state index contributed by atoms with van der Waals surface area (Å²) in [5.74, 6) is -0.415. The first-order valence-electron chi connectivity index (χ1n) is 8.29. The highest BCUT2D eigenvalue weighted by molar-refractivity contribution is 7.14. The average Bonchev–Trinajstić information content (AvgIpc) is 3.16. The Hall–Kier alpha value is -3.01. The lowest BCUT2D eigenvalue weighted by Crippen LogP contribution is -2.12. The van der Waals surface area contributed by atoms with Crippen molar-refractivity contribution in [3.05, 3.63) is 73.6 Å². The van der Waals surface area contributed by atoms with Crippen LogP contribution in [0.2, 0.25) is 10.0 Å². The van der Waals surface area contributed by atoms with Gasteiger partial charge in [0.2, 0.25) is 6.41 Å². The molecular formula is C19H16Cl2N4O4S. The number of nitrogens with zero attached hydrogens (tertiary/aromatic N) is 3. The summed E-state index contributed by atoms with van der Waals surface area (Å²) < 4.78 is 0. The van der Waals surface area contributed by atoms with Crippen LogP contribution in [0, 0.1) is 10.1 Å². The van der Waals surface area contributed by atoms with Crippen molar-refractivity contribution in [3.8, 4) is 11.3 Å². The number of rotatable bonds is 5. The number of amides is 2. The zero-order valence-corrected chi connectivity index (χ0v) is 18.2. The minimum Gasteiger partial charge on any atom is -0.351 e. The van der Waals surface area contributed by atoms with E-state index in [-0.39, 0.29) is 16.3 Å². The molecule has 0 spiro atoms. The van der Waals surface area contributed by atoms with Crippen molar-refractivity contribution >= 4 is 57.7 Å². The normalized spacial score (nSPS) is 9.87. The fourth-order valence-electron chi connectivity index (χ4n) is 2.08. The first-order valence-corrected chi connectivity index (χ1v) is 9.93. The van der Waals surface area contributed by atoms with E-state index < -0.39 is 10.8 Å². The van der Waals surface area contributed by atoms with Crippen molar-refractivity contribution in [1.29, 1.82) is 0 Å². The molecule has 0 aliphatic carbocycles. The standard InChI is InChI=1S/C16H9Cl2N3O3S.C3H7NO/c17-10-4-5-12(13(18)7-10)15(22)20-16-19-14(8-25-16)9-2-1-3-11(6-9)21(23)24;1-4(2)3-5/h1-8H,(H,19,20,22);3H,1-2H3. The molecule has 1 aromatic heterocycles. The Morgan fingerprint density at radius 2 is 1.93 bits per heavy atom. The summed E-state index contributed by atoms with van der Waals surface area (Å²) in [6.07, 6.45) is 0.750. The number of hydrogen-bond donors (Lipinski definition) is 1. The lowest BCUT2D eigenvalue weighted by Gasteiger charge is -2.04. The van der Waals surface area contributed by atoms with E-state index in [2.05, 4.69) is 10.3 Å². The van der Waals surface area contributed by atoms with Gasteiger partial charge in [0.15, 0.2) is 5.13 Å². The smallest absolute Gasteiger partial charge is 0.270 e. The van der Waals surface area contributed by atoms with E-state index in [1.807, 2.05) is 0 Å². The number of carbonyl (C=O) groups is 2. The first-order chi connectivity index (χ1) is 14.2. The average molecular weight is 467 g/mol. The van der Waals surface area contributed by atoms with Gasteiger partial charge in [-0.05, 0) is 18.2 Å². The van der Waals surface area contributed by atoms with Gasteiger partial charge in [-0.1, -0.05) is 35.3 Å². The highest BCUT2D eigenvalue weighted by atomic mass is 35.5. The van der Waals surface area contributed by atoms with Gasteiger partial charge in [-0.25, -0.2) is 4.98 Å². The van der Waals surface area contributed by atoms with Gasteiger partial charge in [-0.2, -0.15) is 0 Å². The Labute approximate surface area is 186 Å². The van der Waals surface area contributed by atoms with Crippen molar-refractivity contribution < 1.29 is 14.5 Å². The van der Waals surface area contributed by atoms with Crippen molar-refractivity contribution in [2.45, 2.75) is 0 Å². The van der Waals surface area contributed by atoms with Gasteiger partial charge in [0.1, 0.15) is 0 Å². The molecule has 3 rings (SSSR count). The summed E-state index contributed by atoms with van der Waals surface area (Å²) >= 11 is 13.0. The second kappa shape index (κ2) is 10.7. The molecule has 30 heavy (non-hydrogen) atoms. The molecule has 3 aromatic rings. The number of nitro groups is 1. The maximum atomic E-state index is 12.3. The molecule has 0 aliphatic heterocycles. The molecule has 2 amide bonds. The molecular weight excluding hydrogens is 451 g/mol. The Kier molecular flexibility index (Phi) is 8.28. The number of anilines is 1. The molecule has 1 heterocycles. The molecule has 156 valence electrons. The van der Waals surface area contributed by atoms with Crippen LogP contribution in [-0.4, -0.2) is 41.2 Å². The van der Waals surface area contributed by atoms with Crippen molar-refractivity contribution in [3.63, 3.8) is 0 Å². The van der Waals surface area contributed by atoms with Crippen LogP contribution >= 0.6 is 34.5 Å². The van der Waals surface area contributed by atoms with Gasteiger partial charge in [0, 0.05) is 42.2 Å². The summed E-state index contributed by atoms with van der Waals surface area (Å²) in [6, 6.07) is 10.7. The maximum absolute atomic E-state index is 12.3. The highest BCUT2D eigenvalue weighted by Crippen LogP contribution is 2.28. The molecule has 0 radical (unpaired) electrons. The number of aromatic nitrogens is 1. The van der Waals surface area contributed by atoms with Crippen LogP contribution in [0.1, 0.15) is 10.4 Å². The minimum absolute atomic E-state index is 0.0240. The Morgan fingerprint density at radius 1 is 1.23 bits per heavy atom. The molecule has 0 aliphatic rings. The summed E-state index contributed by atoms with van der Waals surface area (Å²) in [4.78, 5) is 37.8. The van der Waals surface area contributed by atoms with Gasteiger partial charge in [0.25, 0.3) is 11.6 Å². The molecule has 0 saturated carbocycles. The van der Waals surface area contributed by atoms with Gasteiger partial charge >= 0.3 is 0 Å². The molecule has 1 N–H and O–H groups in total. The van der Waals surface area contributed by atoms with Crippen LogP contribution in [0.25, 0.3) is 11.3 Å². The molecule has 11 heteroatoms. The van der Waals surface area contributed by atoms with Crippen LogP contribution in [0.5, 0.6) is 0 Å². The third-order valence-corrected chi connectivity index (χ3v) is 4.77. The van der Waals surface area contributed by atoms with Crippen LogP contribution in [0.15, 0.2) is 47.8 Å². The number of nitro benzene ring substituents is 1. The number of halogens is 2. The van der Waals surface area contributed by atoms with Gasteiger partial charge in [-0.15, -0.1) is 11.3 Å². The molecule has 0 saturated heterocycles. The van der Waals surface area contributed by atoms with Crippen LogP contribution < -0.4 is 5.32 Å². The van der Waals surface area contributed by atoms with Crippen LogP contribution in [0.3, 0.4) is 0 Å². The largest absolute Gasteiger partial charge is 0.351 e. The summed E-state index contributed by atoms with van der Waals surface area (Å²) in [5.41, 5.74) is 1.38. The molecule has 2 aromatic carbocycles. The topological polar surface area (TPSA) is 105 Å². The SMILES string of the molecule is CN(C)C=O.O=C(Nc1nc(-c2cccc([N+](=O)[O-])c2)cs1)c1ccc(Cl)cc1Cl. The van der Waals surface area contributed by atoms with E-state index in [9.17, 15) is 19.7 Å². The number of benzene rings is 2. The van der Waals surface area contributed by atoms with E-state index in [4.69, 9.17) is 23.2 Å². The summed E-state index contributed by atoms with van der Waals surface area (Å²) in [6.45, 7) is 0. The van der Waals surface area contributed by atoms with E-state index in [0.717, 1.165) is 6.41 Å². The monoisotopic (exact) mass is 466 g/mol. The van der Waals surface area contributed by atoms with Gasteiger partial charge in [0.05, 0.1) is 21.2 Å². The second-order valence-electron chi connectivity index (χ2n) is 5.99. The number of nitrogens with one attached hydrogen (secondary N) is 1.